The van der Waals surface area contributed by atoms with E-state index in [9.17, 15) is 4.79 Å². The van der Waals surface area contributed by atoms with E-state index in [1.807, 2.05) is 5.94 Å². The molecule has 4 nitrogen and oxygen atoms in total. The lowest BCUT2D eigenvalue weighted by Gasteiger charge is -2.32. The lowest BCUT2D eigenvalue weighted by molar-refractivity contribution is -0.143. The molecule has 0 spiro atoms. The molecule has 122 valence electrons. The second kappa shape index (κ2) is 6.25. The van der Waals surface area contributed by atoms with Gasteiger partial charge in [0, 0.05) is 12.5 Å². The van der Waals surface area contributed by atoms with Gasteiger partial charge in [0.1, 0.15) is 11.6 Å². The molecule has 0 radical (unpaired) electrons. The number of carbonyl (C=O) groups excluding carboxylic acids is 1. The monoisotopic (exact) mass is 320 g/mol. The molecule has 2 aromatic rings. The summed E-state index contributed by atoms with van der Waals surface area (Å²) in [5.74, 6) is 2.13. The molecule has 0 saturated carbocycles. The highest BCUT2D eigenvalue weighted by molar-refractivity contribution is 5.78. The van der Waals surface area contributed by atoms with E-state index >= 15 is 0 Å². The second-order valence-corrected chi connectivity index (χ2v) is 6.36. The van der Waals surface area contributed by atoms with Gasteiger partial charge in [-0.05, 0) is 35.1 Å². The maximum atomic E-state index is 11.2. The smallest absolute Gasteiger partial charge is 0.149 e. The van der Waals surface area contributed by atoms with Crippen molar-refractivity contribution in [1.82, 2.24) is 5.06 Å². The van der Waals surface area contributed by atoms with E-state index in [2.05, 4.69) is 48.5 Å². The minimum Gasteiger partial charge on any atom is -0.322 e. The molecule has 4 heteroatoms. The summed E-state index contributed by atoms with van der Waals surface area (Å²) < 4.78 is 0. The van der Waals surface area contributed by atoms with E-state index in [1.165, 1.54) is 22.3 Å². The maximum absolute atomic E-state index is 11.2. The first-order valence-electron chi connectivity index (χ1n) is 8.39. The van der Waals surface area contributed by atoms with Crippen LogP contribution in [0.15, 0.2) is 54.2 Å². The third kappa shape index (κ3) is 2.45. The normalized spacial score (nSPS) is 19.8. The average Bonchev–Trinajstić information content (AvgIpc) is 2.94. The molecule has 1 aliphatic carbocycles. The molecule has 1 heterocycles. The second-order valence-electron chi connectivity index (χ2n) is 6.36. The van der Waals surface area contributed by atoms with E-state index in [-0.39, 0.29) is 12.0 Å². The Balaban J connectivity index is 1.60. The fourth-order valence-electron chi connectivity index (χ4n) is 3.76. The quantitative estimate of drug-likeness (QED) is 0.884. The van der Waals surface area contributed by atoms with Crippen LogP contribution in [0.1, 0.15) is 29.9 Å². The standard InChI is InChI=1S/C20H20N2O2/c21-19-10-5-11-22(20(19)12-23)24-13-18-16-8-3-1-6-14(16)15-7-2-4-9-17(15)18/h1-4,6-9,18-19H,5,10-11,13,21H2. The Labute approximate surface area is 141 Å². The summed E-state index contributed by atoms with van der Waals surface area (Å²) in [6.45, 7) is 1.18. The van der Waals surface area contributed by atoms with Crippen LogP contribution >= 0.6 is 0 Å². The number of nitrogens with two attached hydrogens (primary N) is 1. The Hall–Kier alpha value is -2.39. The van der Waals surface area contributed by atoms with Crippen molar-refractivity contribution in [2.24, 2.45) is 5.73 Å². The first-order chi connectivity index (χ1) is 11.8. The van der Waals surface area contributed by atoms with Crippen molar-refractivity contribution in [2.45, 2.75) is 24.8 Å². The first kappa shape index (κ1) is 15.2. The molecular weight excluding hydrogens is 300 g/mol. The molecule has 4 rings (SSSR count). The van der Waals surface area contributed by atoms with Crippen molar-refractivity contribution in [3.05, 3.63) is 65.4 Å². The molecule has 0 amide bonds. The predicted octanol–water partition coefficient (Wildman–Crippen LogP) is 2.87. The van der Waals surface area contributed by atoms with E-state index in [0.717, 1.165) is 12.8 Å². The lowest BCUT2D eigenvalue weighted by Crippen LogP contribution is -2.41. The zero-order chi connectivity index (χ0) is 16.5. The van der Waals surface area contributed by atoms with Crippen LogP contribution in [0, 0.1) is 0 Å². The van der Waals surface area contributed by atoms with Gasteiger partial charge >= 0.3 is 0 Å². The molecule has 0 aromatic heterocycles. The van der Waals surface area contributed by atoms with Gasteiger partial charge < -0.3 is 5.73 Å². The molecular formula is C20H20N2O2. The molecule has 1 atom stereocenters. The van der Waals surface area contributed by atoms with Crippen LogP contribution in [0.5, 0.6) is 0 Å². The zero-order valence-corrected chi connectivity index (χ0v) is 13.4. The molecule has 2 aromatic carbocycles. The summed E-state index contributed by atoms with van der Waals surface area (Å²) >= 11 is 0. The summed E-state index contributed by atoms with van der Waals surface area (Å²) in [5.41, 5.74) is 11.5. The number of hydroxylamine groups is 2. The van der Waals surface area contributed by atoms with Crippen LogP contribution in [0.3, 0.4) is 0 Å². The van der Waals surface area contributed by atoms with Gasteiger partial charge in [0.05, 0.1) is 12.6 Å². The average molecular weight is 320 g/mol. The van der Waals surface area contributed by atoms with Gasteiger partial charge in [-0.2, -0.15) is 0 Å². The Morgan fingerprint density at radius 2 is 1.71 bits per heavy atom. The van der Waals surface area contributed by atoms with Crippen molar-refractivity contribution < 1.29 is 9.63 Å². The minimum atomic E-state index is -0.278. The third-order valence-corrected chi connectivity index (χ3v) is 4.96. The van der Waals surface area contributed by atoms with Gasteiger partial charge in [0.25, 0.3) is 0 Å². The summed E-state index contributed by atoms with van der Waals surface area (Å²) in [5, 5.41) is 1.64. The highest BCUT2D eigenvalue weighted by Gasteiger charge is 2.30. The number of nitrogens with zero attached hydrogens (tertiary/aromatic N) is 1. The summed E-state index contributed by atoms with van der Waals surface area (Å²) in [4.78, 5) is 17.2. The third-order valence-electron chi connectivity index (χ3n) is 4.96. The molecule has 1 unspecified atom stereocenters. The molecule has 0 bridgehead atoms. The van der Waals surface area contributed by atoms with Crippen LogP contribution in [0.2, 0.25) is 0 Å². The number of piperidine rings is 1. The molecule has 1 saturated heterocycles. The van der Waals surface area contributed by atoms with Gasteiger partial charge in [-0.1, -0.05) is 48.5 Å². The van der Waals surface area contributed by atoms with Crippen LogP contribution < -0.4 is 5.73 Å². The Kier molecular flexibility index (Phi) is 3.95. The molecule has 2 aliphatic rings. The van der Waals surface area contributed by atoms with E-state index in [1.54, 1.807) is 5.06 Å². The van der Waals surface area contributed by atoms with Crippen LogP contribution in [0.4, 0.5) is 0 Å². The van der Waals surface area contributed by atoms with E-state index in [4.69, 9.17) is 10.6 Å². The van der Waals surface area contributed by atoms with Crippen molar-refractivity contribution in [3.8, 4) is 11.1 Å². The number of hydrogen-bond acceptors (Lipinski definition) is 4. The summed E-state index contributed by atoms with van der Waals surface area (Å²) in [6.07, 6.45) is 1.73. The fraction of sp³-hybridized carbons (Fsp3) is 0.300. The van der Waals surface area contributed by atoms with Crippen LogP contribution in [-0.2, 0) is 9.63 Å². The topological polar surface area (TPSA) is 55.6 Å². The van der Waals surface area contributed by atoms with Crippen LogP contribution in [0.25, 0.3) is 11.1 Å². The predicted molar refractivity (Wildman–Crippen MR) is 92.8 cm³/mol. The van der Waals surface area contributed by atoms with E-state index in [0.29, 0.717) is 18.8 Å². The molecule has 24 heavy (non-hydrogen) atoms. The fourth-order valence-corrected chi connectivity index (χ4v) is 3.76. The highest BCUT2D eigenvalue weighted by atomic mass is 16.7. The minimum absolute atomic E-state index is 0.170. The Morgan fingerprint density at radius 3 is 2.33 bits per heavy atom. The lowest BCUT2D eigenvalue weighted by atomic mass is 9.98. The number of rotatable bonds is 3. The SMILES string of the molecule is NC1CCCN(OCC2c3ccccc3-c3ccccc32)C1=C=O. The van der Waals surface area contributed by atoms with Crippen molar-refractivity contribution in [2.75, 3.05) is 13.2 Å². The first-order valence-corrected chi connectivity index (χ1v) is 8.39. The molecule has 1 fully saturated rings. The molecule has 2 N–H and O–H groups in total. The van der Waals surface area contributed by atoms with Gasteiger partial charge in [-0.25, -0.2) is 9.86 Å². The number of fused-ring (bicyclic) bond motifs is 3. The van der Waals surface area contributed by atoms with Crippen LogP contribution in [-0.4, -0.2) is 30.2 Å². The number of hydrogen-bond donors (Lipinski definition) is 1. The largest absolute Gasteiger partial charge is 0.322 e. The Morgan fingerprint density at radius 1 is 1.08 bits per heavy atom. The summed E-state index contributed by atoms with van der Waals surface area (Å²) in [6, 6.07) is 16.6. The number of benzene rings is 2. The Bertz CT molecular complexity index is 765. The van der Waals surface area contributed by atoms with Gasteiger partial charge in [0.2, 0.25) is 0 Å². The maximum Gasteiger partial charge on any atom is 0.149 e. The van der Waals surface area contributed by atoms with E-state index < -0.39 is 0 Å². The summed E-state index contributed by atoms with van der Waals surface area (Å²) in [7, 11) is 0. The van der Waals surface area contributed by atoms with Gasteiger partial charge in [0.15, 0.2) is 0 Å². The van der Waals surface area contributed by atoms with Crippen molar-refractivity contribution >= 4 is 5.94 Å². The van der Waals surface area contributed by atoms with Crippen molar-refractivity contribution in [3.63, 3.8) is 0 Å². The van der Waals surface area contributed by atoms with Gasteiger partial charge in [-0.3, -0.25) is 4.84 Å². The van der Waals surface area contributed by atoms with Crippen molar-refractivity contribution in [1.29, 1.82) is 0 Å². The van der Waals surface area contributed by atoms with Gasteiger partial charge in [-0.15, -0.1) is 0 Å². The zero-order valence-electron chi connectivity index (χ0n) is 13.4. The highest BCUT2D eigenvalue weighted by Crippen LogP contribution is 2.44. The molecule has 1 aliphatic heterocycles.